The molecule has 1 N–H and O–H groups in total. The van der Waals surface area contributed by atoms with Gasteiger partial charge in [-0.3, -0.25) is 9.48 Å². The molecule has 0 saturated heterocycles. The predicted molar refractivity (Wildman–Crippen MR) is 74.9 cm³/mol. The van der Waals surface area contributed by atoms with Crippen molar-refractivity contribution in [3.63, 3.8) is 0 Å². The fourth-order valence-electron chi connectivity index (χ4n) is 1.85. The molecule has 2 heterocycles. The number of aryl methyl sites for hydroxylation is 2. The minimum atomic E-state index is -0.795. The lowest BCUT2D eigenvalue weighted by Gasteiger charge is -2.00. The van der Waals surface area contributed by atoms with E-state index in [0.717, 1.165) is 25.6 Å². The summed E-state index contributed by atoms with van der Waals surface area (Å²) in [4.78, 5) is 11.8. The maximum absolute atomic E-state index is 10.7. The monoisotopic (exact) mass is 328 g/mol. The Bertz CT molecular complexity index is 589. The smallest absolute Gasteiger partial charge is 0.303 e. The first kappa shape index (κ1) is 13.3. The normalized spacial score (nSPS) is 10.8. The number of aliphatic carboxylic acids is 1. The van der Waals surface area contributed by atoms with Crippen molar-refractivity contribution < 1.29 is 9.90 Å². The second-order valence-corrected chi connectivity index (χ2v) is 6.49. The number of thiophene rings is 1. The third-order valence-corrected chi connectivity index (χ3v) is 4.44. The average Bonchev–Trinajstić information content (AvgIpc) is 2.82. The van der Waals surface area contributed by atoms with Crippen molar-refractivity contribution in [3.05, 3.63) is 27.3 Å². The van der Waals surface area contributed by atoms with Crippen molar-refractivity contribution in [2.24, 2.45) is 7.05 Å². The lowest BCUT2D eigenvalue weighted by Crippen LogP contribution is -1.99. The van der Waals surface area contributed by atoms with Crippen LogP contribution in [0.2, 0.25) is 0 Å². The van der Waals surface area contributed by atoms with Gasteiger partial charge in [0.25, 0.3) is 0 Å². The van der Waals surface area contributed by atoms with E-state index in [9.17, 15) is 4.79 Å². The Morgan fingerprint density at radius 2 is 2.28 bits per heavy atom. The molecule has 0 bridgehead atoms. The van der Waals surface area contributed by atoms with Gasteiger partial charge in [0.2, 0.25) is 0 Å². The van der Waals surface area contributed by atoms with Crippen LogP contribution in [0.15, 0.2) is 15.9 Å². The van der Waals surface area contributed by atoms with Crippen LogP contribution in [-0.2, 0) is 18.3 Å². The van der Waals surface area contributed by atoms with E-state index >= 15 is 0 Å². The maximum atomic E-state index is 10.7. The van der Waals surface area contributed by atoms with Crippen molar-refractivity contribution in [1.82, 2.24) is 9.78 Å². The molecule has 0 saturated carbocycles. The summed E-state index contributed by atoms with van der Waals surface area (Å²) in [5.41, 5.74) is 2.98. The van der Waals surface area contributed by atoms with E-state index in [2.05, 4.69) is 21.0 Å². The molecule has 0 spiro atoms. The van der Waals surface area contributed by atoms with E-state index in [1.165, 1.54) is 0 Å². The van der Waals surface area contributed by atoms with E-state index in [-0.39, 0.29) is 6.42 Å². The maximum Gasteiger partial charge on any atom is 0.303 e. The van der Waals surface area contributed by atoms with Crippen molar-refractivity contribution in [2.45, 2.75) is 19.8 Å². The molecular weight excluding hydrogens is 316 g/mol. The number of rotatable bonds is 4. The van der Waals surface area contributed by atoms with Gasteiger partial charge in [0, 0.05) is 29.6 Å². The first-order valence-corrected chi connectivity index (χ1v) is 7.10. The van der Waals surface area contributed by atoms with Gasteiger partial charge in [0.15, 0.2) is 0 Å². The lowest BCUT2D eigenvalue weighted by molar-refractivity contribution is -0.136. The van der Waals surface area contributed by atoms with Gasteiger partial charge in [-0.05, 0) is 35.0 Å². The average molecular weight is 329 g/mol. The molecule has 96 valence electrons. The molecule has 0 unspecified atom stereocenters. The standard InChI is InChI=1S/C12H13BrN2O2S/c1-7-12(9-4-5-10(13)18-9)8(14-15(7)2)3-6-11(16)17/h4-5H,3,6H2,1-2H3,(H,16,17). The Balaban J connectivity index is 2.41. The second kappa shape index (κ2) is 5.24. The highest BCUT2D eigenvalue weighted by Gasteiger charge is 2.17. The van der Waals surface area contributed by atoms with Crippen LogP contribution in [0.5, 0.6) is 0 Å². The number of hydrogen-bond acceptors (Lipinski definition) is 3. The van der Waals surface area contributed by atoms with Gasteiger partial charge in [-0.2, -0.15) is 5.10 Å². The van der Waals surface area contributed by atoms with E-state index in [1.54, 1.807) is 16.0 Å². The molecule has 0 aliphatic carbocycles. The number of carboxylic acids is 1. The Morgan fingerprint density at radius 3 is 2.83 bits per heavy atom. The summed E-state index contributed by atoms with van der Waals surface area (Å²) >= 11 is 5.08. The summed E-state index contributed by atoms with van der Waals surface area (Å²) < 4.78 is 2.87. The SMILES string of the molecule is Cc1c(-c2ccc(Br)s2)c(CCC(=O)O)nn1C. The quantitative estimate of drug-likeness (QED) is 0.937. The molecule has 2 aromatic rings. The zero-order valence-electron chi connectivity index (χ0n) is 10.1. The minimum Gasteiger partial charge on any atom is -0.481 e. The number of carboxylic acid groups (broad SMARTS) is 1. The lowest BCUT2D eigenvalue weighted by atomic mass is 10.1. The van der Waals surface area contributed by atoms with Crippen LogP contribution in [-0.4, -0.2) is 20.9 Å². The van der Waals surface area contributed by atoms with Crippen LogP contribution in [0.3, 0.4) is 0 Å². The van der Waals surface area contributed by atoms with Crippen LogP contribution < -0.4 is 0 Å². The molecule has 2 rings (SSSR count). The van der Waals surface area contributed by atoms with Crippen LogP contribution in [0.4, 0.5) is 0 Å². The third kappa shape index (κ3) is 2.64. The molecule has 0 radical (unpaired) electrons. The Labute approximate surface area is 117 Å². The Morgan fingerprint density at radius 1 is 1.56 bits per heavy atom. The van der Waals surface area contributed by atoms with Crippen LogP contribution in [0.25, 0.3) is 10.4 Å². The highest BCUT2D eigenvalue weighted by atomic mass is 79.9. The van der Waals surface area contributed by atoms with Gasteiger partial charge in [-0.1, -0.05) is 0 Å². The molecule has 0 aliphatic heterocycles. The predicted octanol–water partition coefficient (Wildman–Crippen LogP) is 3.24. The number of hydrogen-bond donors (Lipinski definition) is 1. The Hall–Kier alpha value is -1.14. The number of carbonyl (C=O) groups is 1. The largest absolute Gasteiger partial charge is 0.481 e. The Kier molecular flexibility index (Phi) is 3.87. The first-order chi connectivity index (χ1) is 8.49. The first-order valence-electron chi connectivity index (χ1n) is 5.49. The molecule has 0 atom stereocenters. The van der Waals surface area contributed by atoms with Gasteiger partial charge in [0.1, 0.15) is 0 Å². The molecule has 0 amide bonds. The van der Waals surface area contributed by atoms with E-state index in [4.69, 9.17) is 5.11 Å². The topological polar surface area (TPSA) is 55.1 Å². The van der Waals surface area contributed by atoms with Crippen molar-refractivity contribution >= 4 is 33.2 Å². The molecule has 0 aliphatic rings. The van der Waals surface area contributed by atoms with Crippen molar-refractivity contribution in [3.8, 4) is 10.4 Å². The van der Waals surface area contributed by atoms with E-state index < -0.39 is 5.97 Å². The van der Waals surface area contributed by atoms with Crippen molar-refractivity contribution in [1.29, 1.82) is 0 Å². The van der Waals surface area contributed by atoms with Gasteiger partial charge >= 0.3 is 5.97 Å². The fourth-order valence-corrected chi connectivity index (χ4v) is 3.35. The molecule has 6 heteroatoms. The van der Waals surface area contributed by atoms with Gasteiger partial charge in [-0.15, -0.1) is 11.3 Å². The molecule has 4 nitrogen and oxygen atoms in total. The van der Waals surface area contributed by atoms with Gasteiger partial charge in [0.05, 0.1) is 15.9 Å². The summed E-state index contributed by atoms with van der Waals surface area (Å²) in [7, 11) is 1.88. The summed E-state index contributed by atoms with van der Waals surface area (Å²) in [6, 6.07) is 4.02. The highest BCUT2D eigenvalue weighted by molar-refractivity contribution is 9.11. The molecule has 0 aromatic carbocycles. The van der Waals surface area contributed by atoms with Crippen molar-refractivity contribution in [2.75, 3.05) is 0 Å². The zero-order chi connectivity index (χ0) is 13.3. The van der Waals surface area contributed by atoms with E-state index in [0.29, 0.717) is 6.42 Å². The third-order valence-electron chi connectivity index (χ3n) is 2.80. The van der Waals surface area contributed by atoms with Crippen LogP contribution >= 0.6 is 27.3 Å². The summed E-state index contributed by atoms with van der Waals surface area (Å²) in [6.07, 6.45) is 0.567. The van der Waals surface area contributed by atoms with Crippen LogP contribution in [0.1, 0.15) is 17.8 Å². The molecule has 0 fully saturated rings. The fraction of sp³-hybridized carbons (Fsp3) is 0.333. The molecule has 18 heavy (non-hydrogen) atoms. The molecular formula is C12H13BrN2O2S. The zero-order valence-corrected chi connectivity index (χ0v) is 12.5. The highest BCUT2D eigenvalue weighted by Crippen LogP contribution is 2.35. The van der Waals surface area contributed by atoms with E-state index in [1.807, 2.05) is 26.1 Å². The summed E-state index contributed by atoms with van der Waals surface area (Å²) in [6.45, 7) is 2.00. The van der Waals surface area contributed by atoms with Gasteiger partial charge < -0.3 is 5.11 Å². The second-order valence-electron chi connectivity index (χ2n) is 4.03. The minimum absolute atomic E-state index is 0.107. The van der Waals surface area contributed by atoms with Crippen LogP contribution in [0, 0.1) is 6.92 Å². The number of nitrogens with zero attached hydrogens (tertiary/aromatic N) is 2. The van der Waals surface area contributed by atoms with Gasteiger partial charge in [-0.25, -0.2) is 0 Å². The number of halogens is 1. The number of aromatic nitrogens is 2. The summed E-state index contributed by atoms with van der Waals surface area (Å²) in [5.74, 6) is -0.795. The summed E-state index contributed by atoms with van der Waals surface area (Å²) in [5, 5.41) is 13.2. The molecule has 2 aromatic heterocycles.